The van der Waals surface area contributed by atoms with Crippen molar-refractivity contribution in [1.29, 1.82) is 0 Å². The van der Waals surface area contributed by atoms with Crippen LogP contribution >= 0.6 is 11.8 Å². The minimum atomic E-state index is -0.0954. The van der Waals surface area contributed by atoms with Gasteiger partial charge in [-0.05, 0) is 169 Å². The first-order valence-electron chi connectivity index (χ1n) is 28.9. The van der Waals surface area contributed by atoms with Crippen LogP contribution in [0.4, 0.5) is 34.1 Å². The number of aromatic nitrogens is 1. The van der Waals surface area contributed by atoms with Crippen LogP contribution in [0.25, 0.3) is 38.4 Å². The molecule has 3 heterocycles. The molecular formula is C74H74BN3S. The van der Waals surface area contributed by atoms with Crippen molar-refractivity contribution >= 4 is 90.7 Å². The van der Waals surface area contributed by atoms with E-state index < -0.39 is 0 Å². The van der Waals surface area contributed by atoms with Crippen LogP contribution in [0.5, 0.6) is 0 Å². The molecule has 13 rings (SSSR count). The largest absolute Gasteiger partial charge is 0.323 e. The number of fused-ring (bicyclic) bond motifs is 8. The third kappa shape index (κ3) is 8.74. The lowest BCUT2D eigenvalue weighted by Gasteiger charge is -2.41. The van der Waals surface area contributed by atoms with Gasteiger partial charge in [-0.1, -0.05) is 216 Å². The Balaban J connectivity index is 1.10. The van der Waals surface area contributed by atoms with Gasteiger partial charge in [0, 0.05) is 54.8 Å². The highest BCUT2D eigenvalue weighted by molar-refractivity contribution is 8.00. The van der Waals surface area contributed by atoms with Crippen LogP contribution in [0.3, 0.4) is 0 Å². The maximum Gasteiger partial charge on any atom is 0.270 e. The lowest BCUT2D eigenvalue weighted by atomic mass is 9.36. The first kappa shape index (κ1) is 51.2. The van der Waals surface area contributed by atoms with E-state index in [1.54, 1.807) is 0 Å². The van der Waals surface area contributed by atoms with Gasteiger partial charge >= 0.3 is 0 Å². The fraction of sp³-hybridized carbons (Fsp3) is 0.270. The minimum absolute atomic E-state index is 0.0139. The second-order valence-electron chi connectivity index (χ2n) is 26.9. The maximum absolute atomic E-state index is 2.74. The van der Waals surface area contributed by atoms with Crippen molar-refractivity contribution < 1.29 is 0 Å². The van der Waals surface area contributed by atoms with Gasteiger partial charge in [-0.15, -0.1) is 0 Å². The van der Waals surface area contributed by atoms with Crippen LogP contribution in [0.1, 0.15) is 129 Å². The Morgan fingerprint density at radius 3 is 1.72 bits per heavy atom. The molecule has 1 aliphatic carbocycles. The molecule has 0 radical (unpaired) electrons. The Hall–Kier alpha value is -7.21. The Kier molecular flexibility index (Phi) is 12.1. The summed E-state index contributed by atoms with van der Waals surface area (Å²) in [4.78, 5) is 7.93. The summed E-state index contributed by atoms with van der Waals surface area (Å²) in [6.07, 6.45) is 4.46. The Bertz CT molecular complexity index is 4030. The molecule has 0 atom stereocenters. The van der Waals surface area contributed by atoms with Crippen molar-refractivity contribution in [3.05, 3.63) is 216 Å². The number of rotatable bonds is 6. The van der Waals surface area contributed by atoms with Crippen molar-refractivity contribution in [2.75, 3.05) is 9.80 Å². The van der Waals surface area contributed by atoms with Gasteiger partial charge in [-0.2, -0.15) is 0 Å². The van der Waals surface area contributed by atoms with Gasteiger partial charge in [0.25, 0.3) is 6.71 Å². The molecule has 3 nitrogen and oxygen atoms in total. The fourth-order valence-corrected chi connectivity index (χ4v) is 14.3. The smallest absolute Gasteiger partial charge is 0.270 e. The monoisotopic (exact) mass is 1050 g/mol. The lowest BCUT2D eigenvalue weighted by molar-refractivity contribution is 0.589. The number of nitrogens with zero attached hydrogens (tertiary/aromatic N) is 3. The zero-order valence-corrected chi connectivity index (χ0v) is 49.3. The summed E-state index contributed by atoms with van der Waals surface area (Å²) in [6, 6.07) is 70.5. The molecule has 0 amide bonds. The van der Waals surface area contributed by atoms with E-state index in [4.69, 9.17) is 0 Å². The maximum atomic E-state index is 2.74. The average Bonchev–Trinajstić information content (AvgIpc) is 4.05. The Labute approximate surface area is 474 Å². The quantitative estimate of drug-likeness (QED) is 0.154. The third-order valence-electron chi connectivity index (χ3n) is 17.5. The third-order valence-corrected chi connectivity index (χ3v) is 18.6. The summed E-state index contributed by atoms with van der Waals surface area (Å²) in [5.41, 5.74) is 23.5. The summed E-state index contributed by atoms with van der Waals surface area (Å²) < 4.78 is 2.74. The van der Waals surface area contributed by atoms with Crippen LogP contribution in [0.15, 0.2) is 192 Å². The SMILES string of the molecule is CC(C)(C)c1ccc(N(c2ccc3c(c2)Sc2cc(C(C)(C)C)cc4c2B3c2c(c3c(n2-c2ccc(C(C)(C)C)cc2)CCCC3)N4c2cccc3ccccc23)c2ccc(C(C)(C)C)cc2-c2cccc3ccccc23)cc1. The van der Waals surface area contributed by atoms with E-state index in [2.05, 4.69) is 279 Å². The average molecular weight is 1050 g/mol. The molecule has 0 spiro atoms. The van der Waals surface area contributed by atoms with Gasteiger partial charge in [0.2, 0.25) is 0 Å². The molecule has 10 aromatic rings. The fourth-order valence-electron chi connectivity index (χ4n) is 13.1. The molecule has 0 saturated carbocycles. The molecule has 0 fully saturated rings. The summed E-state index contributed by atoms with van der Waals surface area (Å²) in [6.45, 7) is 28.0. The van der Waals surface area contributed by atoms with E-state index >= 15 is 0 Å². The van der Waals surface area contributed by atoms with E-state index in [0.29, 0.717) is 0 Å². The van der Waals surface area contributed by atoms with Crippen LogP contribution in [-0.4, -0.2) is 11.3 Å². The molecule has 0 saturated heterocycles. The van der Waals surface area contributed by atoms with E-state index in [0.717, 1.165) is 29.9 Å². The van der Waals surface area contributed by atoms with E-state index in [-0.39, 0.29) is 28.4 Å². The summed E-state index contributed by atoms with van der Waals surface area (Å²) >= 11 is 1.97. The molecule has 9 aromatic carbocycles. The highest BCUT2D eigenvalue weighted by Gasteiger charge is 2.47. The standard InChI is InChI=1S/C74H74BN3S/c1-71(2,3)49-31-36-53(37-32-49)76(64-42-35-51(73(7,8)9)43-60(64)58-28-19-23-47-21-13-15-25-56(47)58)55-40-41-61-66(46-55)79-67-45-52(74(10,11)12)44-65-68(67)75(61)70-69(78(65)62-30-20-24-48-22-14-16-26-57(48)62)59-27-17-18-29-63(59)77(70)54-38-33-50(34-39-54)72(4,5)6/h13-16,19-26,28,30-46H,17-18,27,29H2,1-12H3. The molecule has 1 aromatic heterocycles. The summed E-state index contributed by atoms with van der Waals surface area (Å²) in [5, 5.41) is 5.04. The predicted molar refractivity (Wildman–Crippen MR) is 342 cm³/mol. The van der Waals surface area contributed by atoms with E-state index in [1.807, 2.05) is 11.8 Å². The summed E-state index contributed by atoms with van der Waals surface area (Å²) in [7, 11) is 0. The molecule has 2 aliphatic heterocycles. The zero-order chi connectivity index (χ0) is 54.9. The first-order valence-corrected chi connectivity index (χ1v) is 29.7. The number of hydrogen-bond acceptors (Lipinski definition) is 3. The topological polar surface area (TPSA) is 11.4 Å². The van der Waals surface area contributed by atoms with Gasteiger partial charge in [-0.3, -0.25) is 0 Å². The molecule has 0 bridgehead atoms. The minimum Gasteiger partial charge on any atom is -0.323 e. The van der Waals surface area contributed by atoms with E-state index in [1.165, 1.54) is 128 Å². The van der Waals surface area contributed by atoms with Crippen molar-refractivity contribution in [2.45, 2.75) is 140 Å². The highest BCUT2D eigenvalue weighted by Crippen LogP contribution is 2.51. The molecule has 0 unspecified atom stereocenters. The zero-order valence-electron chi connectivity index (χ0n) is 48.5. The van der Waals surface area contributed by atoms with Crippen LogP contribution < -0.4 is 26.3 Å². The lowest BCUT2D eigenvalue weighted by Crippen LogP contribution is -2.61. The number of anilines is 6. The van der Waals surface area contributed by atoms with Crippen molar-refractivity contribution in [3.63, 3.8) is 0 Å². The molecule has 5 heteroatoms. The summed E-state index contributed by atoms with van der Waals surface area (Å²) in [5.74, 6) is 0. The van der Waals surface area contributed by atoms with Crippen molar-refractivity contribution in [2.24, 2.45) is 0 Å². The predicted octanol–water partition coefficient (Wildman–Crippen LogP) is 18.8. The highest BCUT2D eigenvalue weighted by atomic mass is 32.2. The molecule has 0 N–H and O–H groups in total. The molecule has 394 valence electrons. The number of benzene rings is 9. The van der Waals surface area contributed by atoms with Crippen LogP contribution in [0, 0.1) is 0 Å². The Morgan fingerprint density at radius 1 is 0.456 bits per heavy atom. The first-order chi connectivity index (χ1) is 37.7. The van der Waals surface area contributed by atoms with Crippen LogP contribution in [0.2, 0.25) is 0 Å². The normalized spacial score (nSPS) is 14.3. The van der Waals surface area contributed by atoms with Gasteiger partial charge < -0.3 is 14.4 Å². The van der Waals surface area contributed by atoms with Gasteiger partial charge in [0.15, 0.2) is 0 Å². The second-order valence-corrected chi connectivity index (χ2v) is 28.0. The van der Waals surface area contributed by atoms with Gasteiger partial charge in [0.1, 0.15) is 0 Å². The number of hydrogen-bond donors (Lipinski definition) is 0. The Morgan fingerprint density at radius 2 is 1.04 bits per heavy atom. The molecule has 3 aliphatic rings. The second kappa shape index (κ2) is 18.7. The van der Waals surface area contributed by atoms with E-state index in [9.17, 15) is 0 Å². The van der Waals surface area contributed by atoms with Gasteiger partial charge in [0.05, 0.1) is 17.1 Å². The van der Waals surface area contributed by atoms with Gasteiger partial charge in [-0.25, -0.2) is 0 Å². The molecule has 79 heavy (non-hydrogen) atoms. The van der Waals surface area contributed by atoms with Crippen molar-refractivity contribution in [3.8, 4) is 16.8 Å². The van der Waals surface area contributed by atoms with Crippen molar-refractivity contribution in [1.82, 2.24) is 4.57 Å². The van der Waals surface area contributed by atoms with Crippen LogP contribution in [-0.2, 0) is 34.5 Å². The molecular weight excluding hydrogens is 974 g/mol.